The van der Waals surface area contributed by atoms with Crippen molar-refractivity contribution in [1.82, 2.24) is 10.3 Å². The predicted molar refractivity (Wildman–Crippen MR) is 74.1 cm³/mol. The molecular weight excluding hydrogens is 226 g/mol. The number of nitrogens with one attached hydrogen (secondary N) is 2. The highest BCUT2D eigenvalue weighted by Crippen LogP contribution is 2.22. The number of pyridine rings is 1. The van der Waals surface area contributed by atoms with Crippen molar-refractivity contribution in [2.75, 3.05) is 18.4 Å². The first-order valence-corrected chi connectivity index (χ1v) is 6.84. The predicted octanol–water partition coefficient (Wildman–Crippen LogP) is 2.42. The molecule has 1 unspecified atom stereocenters. The Morgan fingerprint density at radius 1 is 1.50 bits per heavy atom. The summed E-state index contributed by atoms with van der Waals surface area (Å²) in [6, 6.07) is 4.52. The maximum Gasteiger partial charge on any atom is 0.237 e. The summed E-state index contributed by atoms with van der Waals surface area (Å²) in [4.78, 5) is 4.28. The van der Waals surface area contributed by atoms with Gasteiger partial charge in [0.05, 0.1) is 11.8 Å². The van der Waals surface area contributed by atoms with E-state index in [0.29, 0.717) is 11.9 Å². The van der Waals surface area contributed by atoms with Gasteiger partial charge in [-0.15, -0.1) is 0 Å². The van der Waals surface area contributed by atoms with E-state index in [-0.39, 0.29) is 6.10 Å². The van der Waals surface area contributed by atoms with Gasteiger partial charge in [0.1, 0.15) is 0 Å². The largest absolute Gasteiger partial charge is 0.473 e. The second-order valence-electron chi connectivity index (χ2n) is 5.05. The topological polar surface area (TPSA) is 46.2 Å². The number of nitrogens with zero attached hydrogens (tertiary/aromatic N) is 1. The summed E-state index contributed by atoms with van der Waals surface area (Å²) in [5, 5.41) is 6.96. The molecule has 1 aromatic heterocycles. The molecule has 1 aliphatic heterocycles. The second-order valence-corrected chi connectivity index (χ2v) is 5.05. The van der Waals surface area contributed by atoms with E-state index in [0.717, 1.165) is 18.8 Å². The molecule has 1 saturated heterocycles. The summed E-state index contributed by atoms with van der Waals surface area (Å²) in [5.41, 5.74) is 0.985. The van der Waals surface area contributed by atoms with Crippen LogP contribution in [0.2, 0.25) is 0 Å². The minimum atomic E-state index is 0.147. The summed E-state index contributed by atoms with van der Waals surface area (Å²) >= 11 is 0. The van der Waals surface area contributed by atoms with E-state index < -0.39 is 0 Å². The molecule has 4 heteroatoms. The third-order valence-corrected chi connectivity index (χ3v) is 3.07. The van der Waals surface area contributed by atoms with Gasteiger partial charge >= 0.3 is 0 Å². The van der Waals surface area contributed by atoms with Crippen LogP contribution in [0.1, 0.15) is 33.1 Å². The number of piperidine rings is 1. The van der Waals surface area contributed by atoms with Crippen molar-refractivity contribution >= 4 is 5.69 Å². The molecule has 0 radical (unpaired) electrons. The summed E-state index contributed by atoms with van der Waals surface area (Å²) in [7, 11) is 0. The van der Waals surface area contributed by atoms with Crippen LogP contribution in [0.25, 0.3) is 0 Å². The Labute approximate surface area is 109 Å². The van der Waals surface area contributed by atoms with Crippen LogP contribution >= 0.6 is 0 Å². The molecule has 0 bridgehead atoms. The van der Waals surface area contributed by atoms with Crippen molar-refractivity contribution in [3.05, 3.63) is 18.3 Å². The lowest BCUT2D eigenvalue weighted by molar-refractivity contribution is 0.234. The Morgan fingerprint density at radius 2 is 2.39 bits per heavy atom. The minimum absolute atomic E-state index is 0.147. The van der Waals surface area contributed by atoms with Gasteiger partial charge in [-0.25, -0.2) is 4.98 Å². The molecule has 2 heterocycles. The van der Waals surface area contributed by atoms with Crippen molar-refractivity contribution < 1.29 is 4.74 Å². The lowest BCUT2D eigenvalue weighted by Crippen LogP contribution is -2.39. The van der Waals surface area contributed by atoms with Crippen LogP contribution < -0.4 is 15.4 Å². The number of ether oxygens (including phenoxy) is 1. The summed E-state index contributed by atoms with van der Waals surface area (Å²) < 4.78 is 5.69. The maximum atomic E-state index is 5.69. The second kappa shape index (κ2) is 6.59. The van der Waals surface area contributed by atoms with E-state index in [1.54, 1.807) is 6.20 Å². The fourth-order valence-corrected chi connectivity index (χ4v) is 2.17. The molecule has 1 fully saturated rings. The molecule has 0 amide bonds. The van der Waals surface area contributed by atoms with Gasteiger partial charge < -0.3 is 15.4 Å². The Kier molecular flexibility index (Phi) is 4.81. The SMILES string of the molecule is CC(C)Oc1ncccc1NCC1CCCCN1. The molecule has 1 aliphatic rings. The zero-order valence-electron chi connectivity index (χ0n) is 11.3. The third-order valence-electron chi connectivity index (χ3n) is 3.07. The first-order valence-electron chi connectivity index (χ1n) is 6.84. The zero-order valence-corrected chi connectivity index (χ0v) is 11.3. The maximum absolute atomic E-state index is 5.69. The molecule has 1 aromatic rings. The highest BCUT2D eigenvalue weighted by atomic mass is 16.5. The van der Waals surface area contributed by atoms with Crippen LogP contribution in [0.15, 0.2) is 18.3 Å². The van der Waals surface area contributed by atoms with Crippen molar-refractivity contribution in [3.63, 3.8) is 0 Å². The highest BCUT2D eigenvalue weighted by molar-refractivity contribution is 5.52. The van der Waals surface area contributed by atoms with Crippen LogP contribution in [0.3, 0.4) is 0 Å². The van der Waals surface area contributed by atoms with Gasteiger partial charge in [-0.1, -0.05) is 6.42 Å². The van der Waals surface area contributed by atoms with Crippen molar-refractivity contribution in [2.45, 2.75) is 45.3 Å². The minimum Gasteiger partial charge on any atom is -0.473 e. The van der Waals surface area contributed by atoms with E-state index in [4.69, 9.17) is 4.74 Å². The fraction of sp³-hybridized carbons (Fsp3) is 0.643. The van der Waals surface area contributed by atoms with Crippen molar-refractivity contribution in [2.24, 2.45) is 0 Å². The van der Waals surface area contributed by atoms with E-state index in [9.17, 15) is 0 Å². The molecule has 1 atom stereocenters. The lowest BCUT2D eigenvalue weighted by Gasteiger charge is -2.24. The van der Waals surface area contributed by atoms with E-state index >= 15 is 0 Å². The van der Waals surface area contributed by atoms with Crippen LogP contribution in [-0.4, -0.2) is 30.2 Å². The first-order chi connectivity index (χ1) is 8.75. The molecule has 4 nitrogen and oxygen atoms in total. The van der Waals surface area contributed by atoms with Gasteiger partial charge in [0, 0.05) is 18.8 Å². The Bertz CT molecular complexity index is 362. The average molecular weight is 249 g/mol. The molecule has 100 valence electrons. The standard InChI is InChI=1S/C14H23N3O/c1-11(2)18-14-13(7-5-9-16-14)17-10-12-6-3-4-8-15-12/h5,7,9,11-12,15,17H,3-4,6,8,10H2,1-2H3. The van der Waals surface area contributed by atoms with Gasteiger partial charge in [-0.2, -0.15) is 0 Å². The average Bonchev–Trinajstić information content (AvgIpc) is 2.38. The zero-order chi connectivity index (χ0) is 12.8. The molecule has 2 rings (SSSR count). The van der Waals surface area contributed by atoms with E-state index in [2.05, 4.69) is 15.6 Å². The molecule has 0 aromatic carbocycles. The quantitative estimate of drug-likeness (QED) is 0.841. The highest BCUT2D eigenvalue weighted by Gasteiger charge is 2.13. The molecule has 0 saturated carbocycles. The fourth-order valence-electron chi connectivity index (χ4n) is 2.17. The molecule has 0 spiro atoms. The van der Waals surface area contributed by atoms with Gasteiger partial charge in [-0.3, -0.25) is 0 Å². The normalized spacial score (nSPS) is 19.8. The van der Waals surface area contributed by atoms with Crippen LogP contribution in [0, 0.1) is 0 Å². The monoisotopic (exact) mass is 249 g/mol. The summed E-state index contributed by atoms with van der Waals surface area (Å²) in [5.74, 6) is 0.698. The van der Waals surface area contributed by atoms with Crippen LogP contribution in [0.5, 0.6) is 5.88 Å². The molecule has 0 aliphatic carbocycles. The van der Waals surface area contributed by atoms with Crippen LogP contribution in [0.4, 0.5) is 5.69 Å². The van der Waals surface area contributed by atoms with Crippen molar-refractivity contribution in [1.29, 1.82) is 0 Å². The first kappa shape index (κ1) is 13.1. The Morgan fingerprint density at radius 3 is 3.11 bits per heavy atom. The number of hydrogen-bond acceptors (Lipinski definition) is 4. The molecular formula is C14H23N3O. The smallest absolute Gasteiger partial charge is 0.237 e. The van der Waals surface area contributed by atoms with E-state index in [1.807, 2.05) is 26.0 Å². The molecule has 18 heavy (non-hydrogen) atoms. The molecule has 2 N–H and O–H groups in total. The van der Waals surface area contributed by atoms with Crippen LogP contribution in [-0.2, 0) is 0 Å². The number of rotatable bonds is 5. The van der Waals surface area contributed by atoms with E-state index in [1.165, 1.54) is 19.3 Å². The Hall–Kier alpha value is -1.29. The lowest BCUT2D eigenvalue weighted by atomic mass is 10.1. The number of hydrogen-bond donors (Lipinski definition) is 2. The Balaban J connectivity index is 1.91. The summed E-state index contributed by atoms with van der Waals surface area (Å²) in [6.07, 6.45) is 5.77. The number of aromatic nitrogens is 1. The number of anilines is 1. The van der Waals surface area contributed by atoms with Gasteiger partial charge in [0.25, 0.3) is 0 Å². The third kappa shape index (κ3) is 3.88. The van der Waals surface area contributed by atoms with Gasteiger partial charge in [-0.05, 0) is 45.4 Å². The van der Waals surface area contributed by atoms with Gasteiger partial charge in [0.15, 0.2) is 0 Å². The van der Waals surface area contributed by atoms with Crippen molar-refractivity contribution in [3.8, 4) is 5.88 Å². The van der Waals surface area contributed by atoms with Gasteiger partial charge in [0.2, 0.25) is 5.88 Å². The summed E-state index contributed by atoms with van der Waals surface area (Å²) in [6.45, 7) is 6.09.